The van der Waals surface area contributed by atoms with E-state index in [9.17, 15) is 9.90 Å². The van der Waals surface area contributed by atoms with Crippen molar-refractivity contribution in [2.24, 2.45) is 17.8 Å². The summed E-state index contributed by atoms with van der Waals surface area (Å²) in [5.74, 6) is 1.83. The molecule has 4 aliphatic rings. The normalized spacial score (nSPS) is 30.4. The van der Waals surface area contributed by atoms with E-state index in [-0.39, 0.29) is 23.6 Å². The van der Waals surface area contributed by atoms with Gasteiger partial charge in [-0.15, -0.1) is 0 Å². The van der Waals surface area contributed by atoms with Gasteiger partial charge in [-0.3, -0.25) is 0 Å². The highest BCUT2D eigenvalue weighted by Gasteiger charge is 2.46. The minimum absolute atomic E-state index is 0.157. The van der Waals surface area contributed by atoms with Crippen molar-refractivity contribution in [1.29, 1.82) is 0 Å². The number of carbonyl (C=O) groups is 1. The van der Waals surface area contributed by atoms with E-state index >= 15 is 0 Å². The number of nitrogens with zero attached hydrogens (tertiary/aromatic N) is 1. The Bertz CT molecular complexity index is 1240. The number of aliphatic hydroxyl groups excluding tert-OH is 1. The third kappa shape index (κ3) is 5.23. The van der Waals surface area contributed by atoms with Gasteiger partial charge in [-0.05, 0) is 111 Å². The van der Waals surface area contributed by atoms with Gasteiger partial charge in [0.25, 0.3) is 0 Å². The van der Waals surface area contributed by atoms with Gasteiger partial charge in [0.1, 0.15) is 5.75 Å². The molecule has 2 aromatic rings. The summed E-state index contributed by atoms with van der Waals surface area (Å²) in [7, 11) is 3.27. The van der Waals surface area contributed by atoms with E-state index < -0.39 is 0 Å². The van der Waals surface area contributed by atoms with Crippen LogP contribution in [0.2, 0.25) is 5.02 Å². The number of fused-ring (bicyclic) bond motifs is 3. The fourth-order valence-electron chi connectivity index (χ4n) is 8.11. The van der Waals surface area contributed by atoms with Crippen LogP contribution in [0.3, 0.4) is 0 Å². The van der Waals surface area contributed by atoms with Crippen molar-refractivity contribution in [3.05, 3.63) is 58.1 Å². The largest absolute Gasteiger partial charge is 0.490 e. The van der Waals surface area contributed by atoms with E-state index in [0.717, 1.165) is 87.3 Å². The molecule has 0 bridgehead atoms. The second kappa shape index (κ2) is 11.5. The molecule has 2 saturated carbocycles. The maximum absolute atomic E-state index is 12.5. The fourth-order valence-corrected chi connectivity index (χ4v) is 8.31. The maximum Gasteiger partial charge on any atom is 0.337 e. The molecule has 6 atom stereocenters. The molecule has 6 nitrogen and oxygen atoms in total. The molecule has 2 aromatic carbocycles. The lowest BCUT2D eigenvalue weighted by Crippen LogP contribution is -2.51. The zero-order valence-electron chi connectivity index (χ0n) is 23.7. The molecular formula is C33H42ClNO5. The van der Waals surface area contributed by atoms with Crippen LogP contribution in [-0.2, 0) is 21.3 Å². The van der Waals surface area contributed by atoms with Gasteiger partial charge in [-0.2, -0.15) is 0 Å². The summed E-state index contributed by atoms with van der Waals surface area (Å²) >= 11 is 6.41. The van der Waals surface area contributed by atoms with E-state index in [4.69, 9.17) is 25.8 Å². The van der Waals surface area contributed by atoms with Gasteiger partial charge in [0.05, 0.1) is 37.2 Å². The number of methoxy groups -OCH3 is 2. The Morgan fingerprint density at radius 3 is 2.77 bits per heavy atom. The molecule has 1 unspecified atom stereocenters. The van der Waals surface area contributed by atoms with Crippen LogP contribution in [0.25, 0.3) is 0 Å². The molecule has 2 fully saturated rings. The molecule has 0 amide bonds. The molecule has 1 N–H and O–H groups in total. The molecule has 0 aromatic heterocycles. The highest BCUT2D eigenvalue weighted by atomic mass is 35.5. The van der Waals surface area contributed by atoms with E-state index in [2.05, 4.69) is 17.0 Å². The van der Waals surface area contributed by atoms with Crippen molar-refractivity contribution < 1.29 is 24.1 Å². The minimum atomic E-state index is -0.337. The Morgan fingerprint density at radius 2 is 2.02 bits per heavy atom. The standard InChI is InChI=1S/C33H42ClNO5/c1-38-31(22-5-3-7-26(36)16-22)27-11-8-24(27)18-35-19-33(14-4-6-21-15-25(34)10-12-28(21)33)20-40-30-13-9-23(17-29(30)35)32(37)39-2/h9-10,12-13,15,17,22,24,26-27,31,36H,3-8,11,14,16,18-20H2,1-2H3/t22-,24+,26-,27-,31?,33+/m1/s1. The first-order chi connectivity index (χ1) is 19.4. The Labute approximate surface area is 242 Å². The summed E-state index contributed by atoms with van der Waals surface area (Å²) in [5, 5.41) is 11.2. The third-order valence-corrected chi connectivity index (χ3v) is 10.5. The van der Waals surface area contributed by atoms with Crippen LogP contribution in [0.15, 0.2) is 36.4 Å². The summed E-state index contributed by atoms with van der Waals surface area (Å²) in [4.78, 5) is 15.0. The number of aryl methyl sites for hydroxylation is 1. The number of ether oxygens (including phenoxy) is 3. The molecular weight excluding hydrogens is 526 g/mol. The van der Waals surface area contributed by atoms with Crippen LogP contribution in [-0.4, -0.2) is 57.2 Å². The lowest BCUT2D eigenvalue weighted by atomic mass is 9.65. The van der Waals surface area contributed by atoms with Crippen LogP contribution in [0, 0.1) is 17.8 Å². The van der Waals surface area contributed by atoms with Gasteiger partial charge in [0.2, 0.25) is 0 Å². The van der Waals surface area contributed by atoms with Crippen LogP contribution >= 0.6 is 11.6 Å². The highest BCUT2D eigenvalue weighted by molar-refractivity contribution is 6.30. The van der Waals surface area contributed by atoms with Crippen LogP contribution in [0.4, 0.5) is 5.69 Å². The summed E-state index contributed by atoms with van der Waals surface area (Å²) in [5.41, 5.74) is 4.01. The summed E-state index contributed by atoms with van der Waals surface area (Å²) in [6.45, 7) is 2.30. The quantitative estimate of drug-likeness (QED) is 0.420. The number of hydrogen-bond acceptors (Lipinski definition) is 6. The second-order valence-electron chi connectivity index (χ2n) is 12.6. The predicted molar refractivity (Wildman–Crippen MR) is 157 cm³/mol. The summed E-state index contributed by atoms with van der Waals surface area (Å²) in [6.07, 6.45) is 9.39. The molecule has 6 rings (SSSR count). The molecule has 3 aliphatic carbocycles. The van der Waals surface area contributed by atoms with E-state index in [0.29, 0.717) is 29.9 Å². The number of hydrogen-bond donors (Lipinski definition) is 1. The van der Waals surface area contributed by atoms with Crippen molar-refractivity contribution in [3.8, 4) is 5.75 Å². The van der Waals surface area contributed by atoms with E-state index in [1.807, 2.05) is 25.3 Å². The van der Waals surface area contributed by atoms with Crippen molar-refractivity contribution in [3.63, 3.8) is 0 Å². The van der Waals surface area contributed by atoms with Gasteiger partial charge >= 0.3 is 5.97 Å². The van der Waals surface area contributed by atoms with Crippen molar-refractivity contribution >= 4 is 23.3 Å². The Morgan fingerprint density at radius 1 is 1.15 bits per heavy atom. The van der Waals surface area contributed by atoms with Gasteiger partial charge < -0.3 is 24.2 Å². The SMILES string of the molecule is COC(=O)c1ccc2c(c1)N(C[C@@H]1CC[C@H]1C(OC)[C@@H]1CCC[C@@H](O)C1)C[C@@]1(CCCc3cc(Cl)ccc31)CO2. The molecule has 216 valence electrons. The number of anilines is 1. The highest BCUT2D eigenvalue weighted by Crippen LogP contribution is 2.48. The number of rotatable bonds is 6. The number of aliphatic hydroxyl groups is 1. The maximum atomic E-state index is 12.5. The first-order valence-electron chi connectivity index (χ1n) is 15.0. The molecule has 1 heterocycles. The summed E-state index contributed by atoms with van der Waals surface area (Å²) < 4.78 is 17.8. The van der Waals surface area contributed by atoms with Crippen LogP contribution in [0.5, 0.6) is 5.75 Å². The first-order valence-corrected chi connectivity index (χ1v) is 15.4. The average molecular weight is 568 g/mol. The molecule has 0 saturated heterocycles. The van der Waals surface area contributed by atoms with Crippen LogP contribution in [0.1, 0.15) is 72.9 Å². The topological polar surface area (TPSA) is 68.2 Å². The van der Waals surface area contributed by atoms with Crippen molar-refractivity contribution in [2.75, 3.05) is 38.8 Å². The third-order valence-electron chi connectivity index (χ3n) is 10.2. The zero-order chi connectivity index (χ0) is 27.9. The predicted octanol–water partition coefficient (Wildman–Crippen LogP) is 6.19. The lowest BCUT2D eigenvalue weighted by molar-refractivity contribution is -0.0721. The summed E-state index contributed by atoms with van der Waals surface area (Å²) in [6, 6.07) is 12.0. The molecule has 1 aliphatic heterocycles. The number of carbonyl (C=O) groups excluding carboxylic acids is 1. The van der Waals surface area contributed by atoms with Crippen molar-refractivity contribution in [2.45, 2.75) is 75.4 Å². The Kier molecular flexibility index (Phi) is 8.04. The average Bonchev–Trinajstić information content (AvgIpc) is 3.10. The van der Waals surface area contributed by atoms with Crippen LogP contribution < -0.4 is 9.64 Å². The Balaban J connectivity index is 1.33. The second-order valence-corrected chi connectivity index (χ2v) is 13.0. The van der Waals surface area contributed by atoms with Gasteiger partial charge in [-0.1, -0.05) is 24.1 Å². The monoisotopic (exact) mass is 567 g/mol. The number of halogens is 1. The first kappa shape index (κ1) is 27.9. The Hall–Kier alpha value is -2.28. The smallest absolute Gasteiger partial charge is 0.337 e. The molecule has 0 radical (unpaired) electrons. The van der Waals surface area contributed by atoms with E-state index in [1.165, 1.54) is 18.2 Å². The van der Waals surface area contributed by atoms with Gasteiger partial charge in [0.15, 0.2) is 0 Å². The fraction of sp³-hybridized carbons (Fsp3) is 0.606. The van der Waals surface area contributed by atoms with E-state index in [1.54, 1.807) is 6.07 Å². The number of esters is 1. The van der Waals surface area contributed by atoms with Gasteiger partial charge in [-0.25, -0.2) is 4.79 Å². The van der Waals surface area contributed by atoms with Gasteiger partial charge in [0, 0.05) is 30.6 Å². The number of benzene rings is 2. The molecule has 40 heavy (non-hydrogen) atoms. The molecule has 1 spiro atoms. The van der Waals surface area contributed by atoms with Crippen molar-refractivity contribution in [1.82, 2.24) is 0 Å². The minimum Gasteiger partial charge on any atom is -0.490 e. The molecule has 7 heteroatoms. The zero-order valence-corrected chi connectivity index (χ0v) is 24.5. The lowest BCUT2D eigenvalue weighted by Gasteiger charge is -2.48.